The Kier molecular flexibility index (Phi) is 2.91. The van der Waals surface area contributed by atoms with Crippen LogP contribution in [0.5, 0.6) is 0 Å². The predicted octanol–water partition coefficient (Wildman–Crippen LogP) is 4.56. The van der Waals surface area contributed by atoms with E-state index < -0.39 is 0 Å². The summed E-state index contributed by atoms with van der Waals surface area (Å²) in [5.41, 5.74) is 0.707. The summed E-state index contributed by atoms with van der Waals surface area (Å²) in [6, 6.07) is 0. The van der Waals surface area contributed by atoms with Gasteiger partial charge in [0.15, 0.2) is 0 Å². The Morgan fingerprint density at radius 2 is 1.80 bits per heavy atom. The van der Waals surface area contributed by atoms with Gasteiger partial charge in [0.2, 0.25) is 0 Å². The molecule has 0 aliphatic heterocycles. The van der Waals surface area contributed by atoms with Gasteiger partial charge in [-0.25, -0.2) is 0 Å². The van der Waals surface area contributed by atoms with Crippen LogP contribution in [0.1, 0.15) is 65.2 Å². The summed E-state index contributed by atoms with van der Waals surface area (Å²) < 4.78 is 0. The second-order valence-electron chi connectivity index (χ2n) is 8.63. The quantitative estimate of drug-likeness (QED) is 0.642. The van der Waals surface area contributed by atoms with Crippen LogP contribution in [0.2, 0.25) is 0 Å². The first-order chi connectivity index (χ1) is 9.56. The van der Waals surface area contributed by atoms with E-state index in [2.05, 4.69) is 26.0 Å². The minimum Gasteiger partial charge on any atom is -0.393 e. The zero-order chi connectivity index (χ0) is 14.0. The van der Waals surface area contributed by atoms with Crippen LogP contribution in [0, 0.1) is 34.5 Å². The summed E-state index contributed by atoms with van der Waals surface area (Å²) >= 11 is 0. The van der Waals surface area contributed by atoms with Gasteiger partial charge in [-0.2, -0.15) is 0 Å². The van der Waals surface area contributed by atoms with Gasteiger partial charge < -0.3 is 5.11 Å². The van der Waals surface area contributed by atoms with Crippen molar-refractivity contribution in [3.8, 4) is 0 Å². The first kappa shape index (κ1) is 13.4. The third-order valence-electron chi connectivity index (χ3n) is 8.07. The molecule has 1 nitrogen and oxygen atoms in total. The van der Waals surface area contributed by atoms with E-state index >= 15 is 0 Å². The minimum atomic E-state index is -0.0270. The van der Waals surface area contributed by atoms with Crippen molar-refractivity contribution in [1.82, 2.24) is 0 Å². The lowest BCUT2D eigenvalue weighted by Gasteiger charge is -2.58. The zero-order valence-corrected chi connectivity index (χ0v) is 13.1. The van der Waals surface area contributed by atoms with Gasteiger partial charge in [0, 0.05) is 0 Å². The van der Waals surface area contributed by atoms with Crippen molar-refractivity contribution < 1.29 is 5.11 Å². The molecule has 0 aromatic heterocycles. The number of aliphatic hydroxyl groups is 1. The van der Waals surface area contributed by atoms with E-state index in [0.29, 0.717) is 5.41 Å². The normalized spacial score (nSPS) is 57.9. The van der Waals surface area contributed by atoms with Gasteiger partial charge in [-0.15, -0.1) is 0 Å². The highest BCUT2D eigenvalue weighted by molar-refractivity contribution is 5.15. The molecule has 0 heterocycles. The fraction of sp³-hybridized carbons (Fsp3) is 0.895. The highest BCUT2D eigenvalue weighted by atomic mass is 16.3. The van der Waals surface area contributed by atoms with Crippen LogP contribution in [0.4, 0.5) is 0 Å². The second kappa shape index (κ2) is 4.35. The summed E-state index contributed by atoms with van der Waals surface area (Å²) in [5, 5.41) is 10.5. The molecule has 0 bridgehead atoms. The monoisotopic (exact) mass is 274 g/mol. The van der Waals surface area contributed by atoms with Crippen molar-refractivity contribution in [2.24, 2.45) is 34.5 Å². The Hall–Kier alpha value is -0.300. The van der Waals surface area contributed by atoms with Gasteiger partial charge in [-0.1, -0.05) is 26.0 Å². The topological polar surface area (TPSA) is 20.2 Å². The molecular weight excluding hydrogens is 244 g/mol. The lowest BCUT2D eigenvalue weighted by atomic mass is 9.46. The molecule has 112 valence electrons. The van der Waals surface area contributed by atoms with Gasteiger partial charge in [-0.3, -0.25) is 0 Å². The van der Waals surface area contributed by atoms with E-state index in [-0.39, 0.29) is 11.5 Å². The van der Waals surface area contributed by atoms with Crippen LogP contribution in [0.3, 0.4) is 0 Å². The third-order valence-corrected chi connectivity index (χ3v) is 8.07. The Bertz CT molecular complexity index is 427. The molecule has 3 saturated carbocycles. The van der Waals surface area contributed by atoms with Gasteiger partial charge >= 0.3 is 0 Å². The predicted molar refractivity (Wildman–Crippen MR) is 82.3 cm³/mol. The third kappa shape index (κ3) is 1.59. The fourth-order valence-electron chi connectivity index (χ4n) is 6.79. The van der Waals surface area contributed by atoms with Gasteiger partial charge in [0.25, 0.3) is 0 Å². The zero-order valence-electron chi connectivity index (χ0n) is 13.1. The number of allylic oxidation sites excluding steroid dienone is 2. The largest absolute Gasteiger partial charge is 0.393 e. The van der Waals surface area contributed by atoms with E-state index in [1.807, 2.05) is 0 Å². The SMILES string of the molecule is C[C@]12C=CCC[C@@H]1CC[C@@H]1[C@@H]2CC[C@]2(C)[C@@H](O)CC[C@@H]12. The van der Waals surface area contributed by atoms with E-state index in [1.54, 1.807) is 0 Å². The summed E-state index contributed by atoms with van der Waals surface area (Å²) in [6.45, 7) is 4.94. The van der Waals surface area contributed by atoms with Crippen LogP contribution < -0.4 is 0 Å². The molecule has 0 saturated heterocycles. The lowest BCUT2D eigenvalue weighted by Crippen LogP contribution is -2.52. The van der Waals surface area contributed by atoms with Crippen LogP contribution in [-0.2, 0) is 0 Å². The molecule has 1 heteroatoms. The molecule has 0 unspecified atom stereocenters. The van der Waals surface area contributed by atoms with Crippen molar-refractivity contribution >= 4 is 0 Å². The molecule has 4 aliphatic carbocycles. The highest BCUT2D eigenvalue weighted by Gasteiger charge is 2.58. The maximum Gasteiger partial charge on any atom is 0.0596 e. The molecule has 7 atom stereocenters. The number of rotatable bonds is 0. The molecule has 0 amide bonds. The molecule has 20 heavy (non-hydrogen) atoms. The number of aliphatic hydroxyl groups excluding tert-OH is 1. The Morgan fingerprint density at radius 1 is 0.950 bits per heavy atom. The smallest absolute Gasteiger partial charge is 0.0596 e. The molecule has 1 N–H and O–H groups in total. The van der Waals surface area contributed by atoms with Crippen molar-refractivity contribution in [1.29, 1.82) is 0 Å². The Morgan fingerprint density at radius 3 is 2.65 bits per heavy atom. The standard InChI is InChI=1S/C19H30O/c1-18-11-4-3-5-13(18)6-7-14-15-8-9-17(20)19(15,2)12-10-16(14)18/h4,11,13-17,20H,3,5-10,12H2,1-2H3/t13-,14+,15+,16+,17+,18+,19+/m1/s1. The summed E-state index contributed by atoms with van der Waals surface area (Å²) in [7, 11) is 0. The van der Waals surface area contributed by atoms with Gasteiger partial charge in [0.05, 0.1) is 6.10 Å². The number of fused-ring (bicyclic) bond motifs is 5. The molecule has 0 radical (unpaired) electrons. The molecule has 3 fully saturated rings. The molecule has 0 aromatic rings. The van der Waals surface area contributed by atoms with Gasteiger partial charge in [-0.05, 0) is 85.9 Å². The second-order valence-corrected chi connectivity index (χ2v) is 8.63. The first-order valence-electron chi connectivity index (χ1n) is 8.91. The van der Waals surface area contributed by atoms with Crippen molar-refractivity contribution in [2.75, 3.05) is 0 Å². The highest BCUT2D eigenvalue weighted by Crippen LogP contribution is 2.65. The molecule has 0 aromatic carbocycles. The van der Waals surface area contributed by atoms with E-state index in [4.69, 9.17) is 0 Å². The molecule has 0 spiro atoms. The van der Waals surface area contributed by atoms with Crippen LogP contribution in [-0.4, -0.2) is 11.2 Å². The van der Waals surface area contributed by atoms with Crippen molar-refractivity contribution in [2.45, 2.75) is 71.3 Å². The van der Waals surface area contributed by atoms with Gasteiger partial charge in [0.1, 0.15) is 0 Å². The van der Waals surface area contributed by atoms with Crippen molar-refractivity contribution in [3.63, 3.8) is 0 Å². The van der Waals surface area contributed by atoms with Crippen molar-refractivity contribution in [3.05, 3.63) is 12.2 Å². The Labute approximate surface area is 123 Å². The summed E-state index contributed by atoms with van der Waals surface area (Å²) in [5.74, 6) is 3.50. The fourth-order valence-corrected chi connectivity index (χ4v) is 6.79. The Balaban J connectivity index is 1.68. The molecule has 4 rings (SSSR count). The molecular formula is C19H30O. The summed E-state index contributed by atoms with van der Waals surface area (Å²) in [4.78, 5) is 0. The average Bonchev–Trinajstić information content (AvgIpc) is 2.74. The maximum absolute atomic E-state index is 10.5. The van der Waals surface area contributed by atoms with Crippen LogP contribution in [0.15, 0.2) is 12.2 Å². The van der Waals surface area contributed by atoms with Crippen LogP contribution >= 0.6 is 0 Å². The molecule has 4 aliphatic rings. The number of hydrogen-bond acceptors (Lipinski definition) is 1. The minimum absolute atomic E-state index is 0.0270. The number of hydrogen-bond donors (Lipinski definition) is 1. The maximum atomic E-state index is 10.5. The van der Waals surface area contributed by atoms with E-state index in [9.17, 15) is 5.11 Å². The average molecular weight is 274 g/mol. The lowest BCUT2D eigenvalue weighted by molar-refractivity contribution is -0.0944. The summed E-state index contributed by atoms with van der Waals surface area (Å²) in [6.07, 6.45) is 15.6. The first-order valence-corrected chi connectivity index (χ1v) is 8.91. The van der Waals surface area contributed by atoms with E-state index in [0.717, 1.165) is 30.1 Å². The van der Waals surface area contributed by atoms with E-state index in [1.165, 1.54) is 44.9 Å². The van der Waals surface area contributed by atoms with Crippen LogP contribution in [0.25, 0.3) is 0 Å².